The number of aryl methyl sites for hydroxylation is 3. The van der Waals surface area contributed by atoms with Crippen LogP contribution in [0.1, 0.15) is 30.7 Å². The number of aromatic nitrogens is 1. The first-order valence-corrected chi connectivity index (χ1v) is 8.31. The summed E-state index contributed by atoms with van der Waals surface area (Å²) in [6.45, 7) is 5.95. The van der Waals surface area contributed by atoms with Crippen molar-refractivity contribution in [1.82, 2.24) is 4.98 Å². The largest absolute Gasteiger partial charge is 0.345 e. The van der Waals surface area contributed by atoms with E-state index in [2.05, 4.69) is 15.6 Å². The number of hydrogen-bond donors (Lipinski definition) is 2. The van der Waals surface area contributed by atoms with E-state index >= 15 is 0 Å². The van der Waals surface area contributed by atoms with Crippen LogP contribution in [0.2, 0.25) is 0 Å². The predicted octanol–water partition coefficient (Wildman–Crippen LogP) is 3.97. The Bertz CT molecular complexity index is 812. The van der Waals surface area contributed by atoms with E-state index < -0.39 is 5.91 Å². The third kappa shape index (κ3) is 4.67. The molecule has 0 saturated carbocycles. The number of nitrogens with zero attached hydrogens (tertiary/aromatic N) is 2. The number of anilines is 2. The molecule has 0 atom stereocenters. The smallest absolute Gasteiger partial charge is 0.267 e. The van der Waals surface area contributed by atoms with Gasteiger partial charge >= 0.3 is 0 Å². The Morgan fingerprint density at radius 1 is 1.16 bits per heavy atom. The van der Waals surface area contributed by atoms with Crippen LogP contribution < -0.4 is 10.6 Å². The molecule has 2 rings (SSSR count). The van der Waals surface area contributed by atoms with E-state index in [1.807, 2.05) is 57.2 Å². The lowest BCUT2D eigenvalue weighted by Gasteiger charge is -2.14. The van der Waals surface area contributed by atoms with Crippen molar-refractivity contribution in [2.24, 2.45) is 0 Å². The maximum Gasteiger partial charge on any atom is 0.267 e. The molecule has 128 valence electrons. The second kappa shape index (κ2) is 8.65. The maximum atomic E-state index is 12.5. The number of amides is 1. The van der Waals surface area contributed by atoms with Crippen LogP contribution >= 0.6 is 0 Å². The van der Waals surface area contributed by atoms with Gasteiger partial charge in [-0.3, -0.25) is 4.79 Å². The van der Waals surface area contributed by atoms with Crippen molar-refractivity contribution >= 4 is 17.4 Å². The topological polar surface area (TPSA) is 77.8 Å². The molecule has 0 aliphatic rings. The number of pyridine rings is 1. The number of carbonyl (C=O) groups is 1. The van der Waals surface area contributed by atoms with Gasteiger partial charge in [0.1, 0.15) is 17.5 Å². The molecule has 1 heterocycles. The maximum absolute atomic E-state index is 12.5. The highest BCUT2D eigenvalue weighted by molar-refractivity contribution is 6.07. The number of para-hydroxylation sites is 1. The van der Waals surface area contributed by atoms with E-state index in [-0.39, 0.29) is 5.57 Å². The number of rotatable bonds is 6. The molecule has 2 aromatic rings. The van der Waals surface area contributed by atoms with Gasteiger partial charge in [0, 0.05) is 17.6 Å². The van der Waals surface area contributed by atoms with Crippen molar-refractivity contribution in [3.63, 3.8) is 0 Å². The van der Waals surface area contributed by atoms with Crippen LogP contribution in [-0.2, 0) is 17.6 Å². The second-order valence-electron chi connectivity index (χ2n) is 5.59. The summed E-state index contributed by atoms with van der Waals surface area (Å²) in [7, 11) is 0. The summed E-state index contributed by atoms with van der Waals surface area (Å²) >= 11 is 0. The lowest BCUT2D eigenvalue weighted by atomic mass is 10.0. The second-order valence-corrected chi connectivity index (χ2v) is 5.59. The van der Waals surface area contributed by atoms with E-state index in [1.165, 1.54) is 6.20 Å². The average molecular weight is 334 g/mol. The van der Waals surface area contributed by atoms with Gasteiger partial charge in [-0.05, 0) is 43.0 Å². The molecule has 0 unspecified atom stereocenters. The number of nitrogens with one attached hydrogen (secondary N) is 2. The molecule has 1 amide bonds. The first-order chi connectivity index (χ1) is 12.1. The molecule has 5 nitrogen and oxygen atoms in total. The molecule has 0 fully saturated rings. The molecule has 0 aliphatic heterocycles. The zero-order chi connectivity index (χ0) is 18.2. The molecule has 0 saturated heterocycles. The number of hydrogen-bond acceptors (Lipinski definition) is 4. The molecular weight excluding hydrogens is 312 g/mol. The van der Waals surface area contributed by atoms with Gasteiger partial charge in [0.25, 0.3) is 5.91 Å². The molecule has 5 heteroatoms. The lowest BCUT2D eigenvalue weighted by molar-refractivity contribution is -0.112. The molecular formula is C20H22N4O. The monoisotopic (exact) mass is 334 g/mol. The third-order valence-electron chi connectivity index (χ3n) is 3.86. The van der Waals surface area contributed by atoms with Gasteiger partial charge in [0.15, 0.2) is 0 Å². The normalized spacial score (nSPS) is 10.9. The predicted molar refractivity (Wildman–Crippen MR) is 100 cm³/mol. The minimum absolute atomic E-state index is 0.00346. The summed E-state index contributed by atoms with van der Waals surface area (Å²) in [5.41, 5.74) is 3.76. The van der Waals surface area contributed by atoms with Gasteiger partial charge in [0.2, 0.25) is 0 Å². The van der Waals surface area contributed by atoms with Crippen molar-refractivity contribution in [2.45, 2.75) is 33.6 Å². The average Bonchev–Trinajstić information content (AvgIpc) is 2.62. The summed E-state index contributed by atoms with van der Waals surface area (Å²) in [5.74, 6) is 0.155. The van der Waals surface area contributed by atoms with Crippen molar-refractivity contribution < 1.29 is 4.79 Å². The van der Waals surface area contributed by atoms with E-state index in [9.17, 15) is 10.1 Å². The number of carbonyl (C=O) groups excluding carboxylic acids is 1. The fraction of sp³-hybridized carbons (Fsp3) is 0.250. The fourth-order valence-corrected chi connectivity index (χ4v) is 2.50. The SMILES string of the molecule is CCc1cccc(CC)c1NC(=O)/C(C#N)=C\Nc1cccc(C)n1. The van der Waals surface area contributed by atoms with Crippen LogP contribution in [-0.4, -0.2) is 10.9 Å². The standard InChI is InChI=1S/C20H22N4O/c1-4-15-9-7-10-16(5-2)19(15)24-20(25)17(12-21)13-22-18-11-6-8-14(3)23-18/h6-11,13H,4-5H2,1-3H3,(H,22,23)(H,24,25)/b17-13-. The summed E-state index contributed by atoms with van der Waals surface area (Å²) in [4.78, 5) is 16.8. The Kier molecular flexibility index (Phi) is 6.30. The molecule has 25 heavy (non-hydrogen) atoms. The van der Waals surface area contributed by atoms with Crippen LogP contribution in [0.4, 0.5) is 11.5 Å². The zero-order valence-electron chi connectivity index (χ0n) is 14.8. The van der Waals surface area contributed by atoms with E-state index in [0.29, 0.717) is 5.82 Å². The van der Waals surface area contributed by atoms with Crippen molar-refractivity contribution in [3.8, 4) is 6.07 Å². The van der Waals surface area contributed by atoms with Crippen LogP contribution in [0.25, 0.3) is 0 Å². The van der Waals surface area contributed by atoms with Gasteiger partial charge in [-0.25, -0.2) is 4.98 Å². The van der Waals surface area contributed by atoms with Gasteiger partial charge in [-0.15, -0.1) is 0 Å². The van der Waals surface area contributed by atoms with Crippen molar-refractivity contribution in [3.05, 3.63) is 65.0 Å². The summed E-state index contributed by atoms with van der Waals surface area (Å²) in [6.07, 6.45) is 3.00. The van der Waals surface area contributed by atoms with Crippen LogP contribution in [0.15, 0.2) is 48.2 Å². The first kappa shape index (κ1) is 18.2. The number of benzene rings is 1. The molecule has 0 bridgehead atoms. The summed E-state index contributed by atoms with van der Waals surface area (Å²) in [5, 5.41) is 15.1. The molecule has 1 aromatic carbocycles. The van der Waals surface area contributed by atoms with Crippen molar-refractivity contribution in [2.75, 3.05) is 10.6 Å². The molecule has 0 radical (unpaired) electrons. The van der Waals surface area contributed by atoms with Gasteiger partial charge in [0.05, 0.1) is 0 Å². The Labute approximate surface area is 148 Å². The van der Waals surface area contributed by atoms with Crippen LogP contribution in [0.5, 0.6) is 0 Å². The first-order valence-electron chi connectivity index (χ1n) is 8.31. The highest BCUT2D eigenvalue weighted by Gasteiger charge is 2.14. The Morgan fingerprint density at radius 3 is 2.36 bits per heavy atom. The lowest BCUT2D eigenvalue weighted by Crippen LogP contribution is -2.17. The minimum Gasteiger partial charge on any atom is -0.345 e. The Balaban J connectivity index is 2.21. The van der Waals surface area contributed by atoms with Gasteiger partial charge in [-0.1, -0.05) is 38.1 Å². The quantitative estimate of drug-likeness (QED) is 0.619. The van der Waals surface area contributed by atoms with Gasteiger partial charge in [-0.2, -0.15) is 5.26 Å². The van der Waals surface area contributed by atoms with Gasteiger partial charge < -0.3 is 10.6 Å². The molecule has 1 aromatic heterocycles. The minimum atomic E-state index is -0.432. The number of nitriles is 1. The van der Waals surface area contributed by atoms with Crippen LogP contribution in [0.3, 0.4) is 0 Å². The van der Waals surface area contributed by atoms with E-state index in [4.69, 9.17) is 0 Å². The fourth-order valence-electron chi connectivity index (χ4n) is 2.50. The Morgan fingerprint density at radius 2 is 1.80 bits per heavy atom. The molecule has 0 aliphatic carbocycles. The highest BCUT2D eigenvalue weighted by Crippen LogP contribution is 2.23. The van der Waals surface area contributed by atoms with Crippen LogP contribution in [0, 0.1) is 18.3 Å². The Hall–Kier alpha value is -3.13. The highest BCUT2D eigenvalue weighted by atomic mass is 16.1. The van der Waals surface area contributed by atoms with Crippen molar-refractivity contribution in [1.29, 1.82) is 5.26 Å². The zero-order valence-corrected chi connectivity index (χ0v) is 14.8. The third-order valence-corrected chi connectivity index (χ3v) is 3.86. The molecule has 2 N–H and O–H groups in total. The molecule has 0 spiro atoms. The van der Waals surface area contributed by atoms with E-state index in [1.54, 1.807) is 6.07 Å². The van der Waals surface area contributed by atoms with E-state index in [0.717, 1.165) is 35.3 Å². The summed E-state index contributed by atoms with van der Waals surface area (Å²) < 4.78 is 0. The summed E-state index contributed by atoms with van der Waals surface area (Å²) in [6, 6.07) is 13.4.